The second-order valence-electron chi connectivity index (χ2n) is 13.1. The molecule has 3 heterocycles. The highest BCUT2D eigenvalue weighted by atomic mass is 32.1. The molecule has 0 saturated carbocycles. The molecule has 49 heavy (non-hydrogen) atoms. The van der Waals surface area contributed by atoms with Gasteiger partial charge in [0.1, 0.15) is 28.0 Å². The fourth-order valence-electron chi connectivity index (χ4n) is 6.41. The summed E-state index contributed by atoms with van der Waals surface area (Å²) in [5.41, 5.74) is 3.80. The maximum atomic E-state index is 13.4. The van der Waals surface area contributed by atoms with E-state index in [9.17, 15) is 10.1 Å². The number of aromatic nitrogens is 4. The number of anilines is 1. The van der Waals surface area contributed by atoms with Crippen molar-refractivity contribution in [2.24, 2.45) is 16.8 Å². The van der Waals surface area contributed by atoms with Gasteiger partial charge < -0.3 is 4.90 Å². The van der Waals surface area contributed by atoms with Crippen LogP contribution in [0.25, 0.3) is 11.3 Å². The van der Waals surface area contributed by atoms with Crippen molar-refractivity contribution in [2.75, 3.05) is 18.0 Å². The predicted octanol–water partition coefficient (Wildman–Crippen LogP) is 9.85. The van der Waals surface area contributed by atoms with E-state index >= 15 is 0 Å². The van der Waals surface area contributed by atoms with E-state index in [1.807, 2.05) is 48.5 Å². The van der Waals surface area contributed by atoms with E-state index in [4.69, 9.17) is 15.0 Å². The first-order chi connectivity index (χ1) is 23.9. The van der Waals surface area contributed by atoms with E-state index in [1.165, 1.54) is 43.2 Å². The number of allylic oxidation sites excluding steroid dienone is 2. The quantitative estimate of drug-likeness (QED) is 0.110. The first-order valence-corrected chi connectivity index (χ1v) is 18.8. The molecule has 0 spiro atoms. The van der Waals surface area contributed by atoms with Gasteiger partial charge in [-0.1, -0.05) is 138 Å². The van der Waals surface area contributed by atoms with Crippen molar-refractivity contribution < 1.29 is 4.79 Å². The molecule has 1 aliphatic rings. The number of unbranched alkanes of at least 4 members (excludes halogenated alkanes) is 2. The molecule has 0 saturated heterocycles. The average Bonchev–Trinajstić information content (AvgIpc) is 3.75. The molecule has 2 aromatic heterocycles. The average molecular weight is 676 g/mol. The van der Waals surface area contributed by atoms with Gasteiger partial charge in [-0.2, -0.15) is 9.94 Å². The van der Waals surface area contributed by atoms with Gasteiger partial charge in [-0.25, -0.2) is 15.0 Å². The highest BCUT2D eigenvalue weighted by molar-refractivity contribution is 7.19. The molecule has 0 radical (unpaired) electrons. The summed E-state index contributed by atoms with van der Waals surface area (Å²) in [5, 5.41) is 16.3. The Kier molecular flexibility index (Phi) is 12.7. The Morgan fingerprint density at radius 1 is 0.898 bits per heavy atom. The first kappa shape index (κ1) is 35.9. The van der Waals surface area contributed by atoms with Crippen LogP contribution in [-0.2, 0) is 6.42 Å². The predicted molar refractivity (Wildman–Crippen MR) is 201 cm³/mol. The number of aliphatic imine (C=N–C) groups is 1. The van der Waals surface area contributed by atoms with Crippen molar-refractivity contribution in [3.8, 4) is 17.3 Å². The summed E-state index contributed by atoms with van der Waals surface area (Å²) in [4.78, 5) is 31.3. The maximum absolute atomic E-state index is 13.4. The van der Waals surface area contributed by atoms with E-state index in [0.29, 0.717) is 41.2 Å². The lowest BCUT2D eigenvalue weighted by Gasteiger charge is -2.30. The topological polar surface area (TPSA) is 100 Å². The molecule has 0 aliphatic carbocycles. The Balaban J connectivity index is 1.63. The number of hydrogen-bond donors (Lipinski definition) is 0. The van der Waals surface area contributed by atoms with Gasteiger partial charge in [-0.05, 0) is 37.2 Å². The first-order valence-electron chi connectivity index (χ1n) is 18.0. The zero-order chi connectivity index (χ0) is 34.8. The van der Waals surface area contributed by atoms with Crippen LogP contribution in [0.15, 0.2) is 76.8 Å². The van der Waals surface area contributed by atoms with Gasteiger partial charge in [0.25, 0.3) is 5.91 Å². The normalized spacial score (nSPS) is 14.9. The molecule has 0 fully saturated rings. The number of rotatable bonds is 17. The minimum atomic E-state index is -0.476. The van der Waals surface area contributed by atoms with Crippen LogP contribution in [0.4, 0.5) is 10.1 Å². The Bertz CT molecular complexity index is 1780. The molecule has 0 bridgehead atoms. The molecule has 5 rings (SSSR count). The minimum Gasteiger partial charge on any atom is -0.347 e. The number of carbonyl (C=O) groups excluding carboxylic acids is 1. The molecule has 0 amide bonds. The van der Waals surface area contributed by atoms with E-state index in [1.54, 1.807) is 18.3 Å². The van der Waals surface area contributed by atoms with Crippen LogP contribution in [-0.4, -0.2) is 44.5 Å². The van der Waals surface area contributed by atoms with Crippen LogP contribution >= 0.6 is 11.3 Å². The number of carbonyl (C=O) groups is 1. The molecule has 8 nitrogen and oxygen atoms in total. The van der Waals surface area contributed by atoms with Gasteiger partial charge in [-0.3, -0.25) is 4.79 Å². The lowest BCUT2D eigenvalue weighted by Crippen LogP contribution is -2.34. The van der Waals surface area contributed by atoms with Crippen molar-refractivity contribution >= 4 is 33.1 Å². The molecule has 1 aliphatic heterocycles. The summed E-state index contributed by atoms with van der Waals surface area (Å²) >= 11 is 1.58. The number of fused-ring (bicyclic) bond motifs is 1. The van der Waals surface area contributed by atoms with Crippen molar-refractivity contribution in [1.82, 2.24) is 19.7 Å². The summed E-state index contributed by atoms with van der Waals surface area (Å²) in [6.07, 6.45) is 9.97. The molecule has 9 heteroatoms. The van der Waals surface area contributed by atoms with Crippen molar-refractivity contribution in [1.29, 1.82) is 5.26 Å². The highest BCUT2D eigenvalue weighted by Crippen LogP contribution is 2.42. The van der Waals surface area contributed by atoms with E-state index in [-0.39, 0.29) is 5.57 Å². The fraction of sp³-hybridized carbons (Fsp3) is 0.450. The molecule has 2 atom stereocenters. The molecule has 2 unspecified atom stereocenters. The Morgan fingerprint density at radius 2 is 1.51 bits per heavy atom. The Hall–Kier alpha value is -4.42. The van der Waals surface area contributed by atoms with Gasteiger partial charge >= 0.3 is 0 Å². The molecule has 0 N–H and O–H groups in total. The van der Waals surface area contributed by atoms with E-state index in [0.717, 1.165) is 52.9 Å². The number of thiazole rings is 1. The number of benzene rings is 2. The third-order valence-corrected chi connectivity index (χ3v) is 10.5. The van der Waals surface area contributed by atoms with Gasteiger partial charge in [0.15, 0.2) is 16.8 Å². The smallest absolute Gasteiger partial charge is 0.291 e. The van der Waals surface area contributed by atoms with Gasteiger partial charge in [0.2, 0.25) is 0 Å². The lowest BCUT2D eigenvalue weighted by atomic mass is 9.96. The largest absolute Gasteiger partial charge is 0.347 e. The zero-order valence-corrected chi connectivity index (χ0v) is 30.5. The Labute approximate surface area is 295 Å². The van der Waals surface area contributed by atoms with E-state index < -0.39 is 5.91 Å². The molecular formula is C40H49N7OS. The number of hydrogen-bond acceptors (Lipinski definition) is 8. The van der Waals surface area contributed by atoms with Gasteiger partial charge in [0, 0.05) is 30.6 Å². The zero-order valence-electron chi connectivity index (χ0n) is 29.7. The van der Waals surface area contributed by atoms with Crippen LogP contribution in [0, 0.1) is 23.2 Å². The van der Waals surface area contributed by atoms with Crippen molar-refractivity contribution in [2.45, 2.75) is 92.4 Å². The third kappa shape index (κ3) is 8.60. The number of nitrogens with zero attached hydrogens (tertiary/aromatic N) is 7. The van der Waals surface area contributed by atoms with E-state index in [2.05, 4.69) is 55.9 Å². The minimum absolute atomic E-state index is 0.0264. The molecule has 2 aromatic carbocycles. The number of nitriles is 1. The van der Waals surface area contributed by atoms with Gasteiger partial charge in [0.05, 0.1) is 0 Å². The third-order valence-electron chi connectivity index (χ3n) is 9.49. The van der Waals surface area contributed by atoms with Crippen LogP contribution in [0.1, 0.15) is 108 Å². The standard InChI is InChI=1S/C40H49N7OS/c1-6-10-18-29(8-3)26-46(27-30(9-4)19-11-7-2)40-44-36(32-22-16-13-17-23-32)38(49-40)43-35-28(5)33(25-41)39(48)47-37(35)42-34(45-47)24-31-20-14-12-15-21-31/h12-17,20-23,29-30H,6-11,18-19,24,26-27H2,1-5H3/b43-35-. The summed E-state index contributed by atoms with van der Waals surface area (Å²) < 4.78 is 1.25. The molecule has 4 aromatic rings. The van der Waals surface area contributed by atoms with Crippen LogP contribution in [0.2, 0.25) is 0 Å². The van der Waals surface area contributed by atoms with Crippen LogP contribution < -0.4 is 4.90 Å². The molecular weight excluding hydrogens is 627 g/mol. The molecule has 256 valence electrons. The monoisotopic (exact) mass is 675 g/mol. The fourth-order valence-corrected chi connectivity index (χ4v) is 7.39. The summed E-state index contributed by atoms with van der Waals surface area (Å²) in [6, 6.07) is 22.2. The van der Waals surface area contributed by atoms with Crippen LogP contribution in [0.3, 0.4) is 0 Å². The van der Waals surface area contributed by atoms with Crippen molar-refractivity contribution in [3.05, 3.63) is 89.0 Å². The summed E-state index contributed by atoms with van der Waals surface area (Å²) in [6.45, 7) is 12.8. The lowest BCUT2D eigenvalue weighted by molar-refractivity contribution is 0.0941. The SMILES string of the molecule is CCCCC(CC)CN(CC(CC)CCCC)c1nc(-c2ccccc2)c(/N=C2/C(C)=C(C#N)C(=O)n3nc(Cc4ccccc4)nc32)s1. The summed E-state index contributed by atoms with van der Waals surface area (Å²) in [5.74, 6) is 1.54. The van der Waals surface area contributed by atoms with Crippen molar-refractivity contribution in [3.63, 3.8) is 0 Å². The highest BCUT2D eigenvalue weighted by Gasteiger charge is 2.33. The second-order valence-corrected chi connectivity index (χ2v) is 14.0. The van der Waals surface area contributed by atoms with Crippen LogP contribution in [0.5, 0.6) is 0 Å². The Morgan fingerprint density at radius 3 is 2.08 bits per heavy atom. The maximum Gasteiger partial charge on any atom is 0.291 e. The summed E-state index contributed by atoms with van der Waals surface area (Å²) in [7, 11) is 0. The second kappa shape index (κ2) is 17.3. The van der Waals surface area contributed by atoms with Gasteiger partial charge in [-0.15, -0.1) is 5.10 Å².